The van der Waals surface area contributed by atoms with Gasteiger partial charge in [0, 0.05) is 13.2 Å². The molecule has 0 aromatic heterocycles. The van der Waals surface area contributed by atoms with E-state index in [1.165, 1.54) is 0 Å². The van der Waals surface area contributed by atoms with E-state index in [1.807, 2.05) is 18.2 Å². The molecule has 0 aliphatic heterocycles. The lowest BCUT2D eigenvalue weighted by Crippen LogP contribution is -2.14. The normalized spacial score (nSPS) is 10.1. The molecule has 0 aliphatic carbocycles. The molecule has 0 bridgehead atoms. The van der Waals surface area contributed by atoms with E-state index in [0.29, 0.717) is 11.5 Å². The Kier molecular flexibility index (Phi) is 8.28. The largest absolute Gasteiger partial charge is 0.493 e. The van der Waals surface area contributed by atoms with Crippen molar-refractivity contribution in [3.05, 3.63) is 23.8 Å². The number of aliphatic hydroxyl groups excluding tert-OH is 1. The van der Waals surface area contributed by atoms with Gasteiger partial charge in [-0.15, -0.1) is 6.42 Å². The predicted octanol–water partition coefficient (Wildman–Crippen LogP) is 1.96. The zero-order valence-electron chi connectivity index (χ0n) is 12.0. The van der Waals surface area contributed by atoms with Crippen molar-refractivity contribution in [3.63, 3.8) is 0 Å². The summed E-state index contributed by atoms with van der Waals surface area (Å²) < 4.78 is 10.7. The first-order valence-electron chi connectivity index (χ1n) is 6.86. The number of terminal acetylenes is 1. The number of methoxy groups -OCH3 is 1. The van der Waals surface area contributed by atoms with Gasteiger partial charge in [-0.2, -0.15) is 0 Å². The second kappa shape index (κ2) is 10.1. The number of hydrogen-bond acceptors (Lipinski definition) is 4. The SMILES string of the molecule is C#CCOc1ccc(CNCCCCCO)cc1OC. The maximum Gasteiger partial charge on any atom is 0.162 e. The summed E-state index contributed by atoms with van der Waals surface area (Å²) in [4.78, 5) is 0. The molecule has 0 saturated carbocycles. The summed E-state index contributed by atoms with van der Waals surface area (Å²) >= 11 is 0. The molecule has 1 rings (SSSR count). The van der Waals surface area contributed by atoms with E-state index in [0.717, 1.165) is 37.9 Å². The van der Waals surface area contributed by atoms with Crippen LogP contribution >= 0.6 is 0 Å². The standard InChI is InChI=1S/C16H23NO3/c1-3-11-20-15-8-7-14(12-16(15)19-2)13-17-9-5-4-6-10-18/h1,7-8,12,17-18H,4-6,9-11,13H2,2H3. The van der Waals surface area contributed by atoms with Gasteiger partial charge in [-0.3, -0.25) is 0 Å². The second-order valence-electron chi connectivity index (χ2n) is 4.44. The van der Waals surface area contributed by atoms with E-state index in [1.54, 1.807) is 7.11 Å². The highest BCUT2D eigenvalue weighted by Gasteiger charge is 2.05. The van der Waals surface area contributed by atoms with Gasteiger partial charge < -0.3 is 19.9 Å². The van der Waals surface area contributed by atoms with Gasteiger partial charge in [0.15, 0.2) is 11.5 Å². The van der Waals surface area contributed by atoms with E-state index < -0.39 is 0 Å². The molecule has 0 saturated heterocycles. The molecule has 2 N–H and O–H groups in total. The van der Waals surface area contributed by atoms with Crippen molar-refractivity contribution >= 4 is 0 Å². The molecule has 20 heavy (non-hydrogen) atoms. The van der Waals surface area contributed by atoms with Gasteiger partial charge >= 0.3 is 0 Å². The van der Waals surface area contributed by atoms with Crippen LogP contribution in [0.5, 0.6) is 11.5 Å². The van der Waals surface area contributed by atoms with Crippen molar-refractivity contribution in [1.29, 1.82) is 0 Å². The van der Waals surface area contributed by atoms with Crippen molar-refractivity contribution in [2.75, 3.05) is 26.9 Å². The molecule has 0 spiro atoms. The minimum absolute atomic E-state index is 0.235. The lowest BCUT2D eigenvalue weighted by Gasteiger charge is -2.11. The fraction of sp³-hybridized carbons (Fsp3) is 0.500. The molecule has 1 aromatic carbocycles. The summed E-state index contributed by atoms with van der Waals surface area (Å²) in [5.41, 5.74) is 1.14. The number of hydrogen-bond donors (Lipinski definition) is 2. The summed E-state index contributed by atoms with van der Waals surface area (Å²) in [6, 6.07) is 5.82. The number of nitrogens with one attached hydrogen (secondary N) is 1. The van der Waals surface area contributed by atoms with Crippen LogP contribution in [-0.2, 0) is 6.54 Å². The molecular weight excluding hydrogens is 254 g/mol. The van der Waals surface area contributed by atoms with Gasteiger partial charge in [-0.1, -0.05) is 12.0 Å². The highest BCUT2D eigenvalue weighted by molar-refractivity contribution is 5.43. The first kappa shape index (κ1) is 16.4. The summed E-state index contributed by atoms with van der Waals surface area (Å²) in [6.45, 7) is 2.23. The molecule has 4 heteroatoms. The van der Waals surface area contributed by atoms with Crippen LogP contribution in [-0.4, -0.2) is 32.0 Å². The van der Waals surface area contributed by atoms with Crippen molar-refractivity contribution in [2.45, 2.75) is 25.8 Å². The van der Waals surface area contributed by atoms with Gasteiger partial charge in [0.05, 0.1) is 7.11 Å². The van der Waals surface area contributed by atoms with Crippen molar-refractivity contribution < 1.29 is 14.6 Å². The fourth-order valence-electron chi connectivity index (χ4n) is 1.83. The molecular formula is C16H23NO3. The third-order valence-electron chi connectivity index (χ3n) is 2.88. The Morgan fingerprint density at radius 1 is 1.25 bits per heavy atom. The molecule has 0 radical (unpaired) electrons. The van der Waals surface area contributed by atoms with Crippen LogP contribution in [0.15, 0.2) is 18.2 Å². The Hall–Kier alpha value is -1.70. The van der Waals surface area contributed by atoms with E-state index in [4.69, 9.17) is 21.0 Å². The van der Waals surface area contributed by atoms with E-state index in [2.05, 4.69) is 11.2 Å². The second-order valence-corrected chi connectivity index (χ2v) is 4.44. The van der Waals surface area contributed by atoms with Crippen LogP contribution < -0.4 is 14.8 Å². The minimum atomic E-state index is 0.235. The maximum atomic E-state index is 8.69. The zero-order chi connectivity index (χ0) is 14.6. The number of ether oxygens (including phenoxy) is 2. The van der Waals surface area contributed by atoms with Crippen LogP contribution in [0.2, 0.25) is 0 Å². The van der Waals surface area contributed by atoms with Crippen LogP contribution in [0.4, 0.5) is 0 Å². The van der Waals surface area contributed by atoms with Gasteiger partial charge in [0.25, 0.3) is 0 Å². The van der Waals surface area contributed by atoms with E-state index in [9.17, 15) is 0 Å². The highest BCUT2D eigenvalue weighted by atomic mass is 16.5. The number of aliphatic hydroxyl groups is 1. The lowest BCUT2D eigenvalue weighted by molar-refractivity contribution is 0.283. The summed E-state index contributed by atoms with van der Waals surface area (Å²) in [6.07, 6.45) is 8.16. The Morgan fingerprint density at radius 2 is 2.10 bits per heavy atom. The molecule has 0 aliphatic rings. The topological polar surface area (TPSA) is 50.7 Å². The first-order valence-corrected chi connectivity index (χ1v) is 6.86. The average molecular weight is 277 g/mol. The van der Waals surface area contributed by atoms with E-state index >= 15 is 0 Å². The molecule has 0 fully saturated rings. The number of rotatable bonds is 10. The molecule has 110 valence electrons. The molecule has 1 aromatic rings. The number of benzene rings is 1. The first-order chi connectivity index (χ1) is 9.81. The molecule has 0 amide bonds. The molecule has 4 nitrogen and oxygen atoms in total. The quantitative estimate of drug-likeness (QED) is 0.507. The predicted molar refractivity (Wildman–Crippen MR) is 80.0 cm³/mol. The highest BCUT2D eigenvalue weighted by Crippen LogP contribution is 2.27. The van der Waals surface area contributed by atoms with Crippen molar-refractivity contribution in [1.82, 2.24) is 5.32 Å². The molecule has 0 heterocycles. The van der Waals surface area contributed by atoms with Crippen LogP contribution in [0.3, 0.4) is 0 Å². The average Bonchev–Trinajstić information content (AvgIpc) is 2.49. The van der Waals surface area contributed by atoms with Gasteiger partial charge in [0.2, 0.25) is 0 Å². The minimum Gasteiger partial charge on any atom is -0.493 e. The summed E-state index contributed by atoms with van der Waals surface area (Å²) in [5.74, 6) is 3.79. The Balaban J connectivity index is 2.41. The Labute approximate surface area is 121 Å². The molecule has 0 unspecified atom stereocenters. The zero-order valence-corrected chi connectivity index (χ0v) is 12.0. The van der Waals surface area contributed by atoms with Crippen molar-refractivity contribution in [2.24, 2.45) is 0 Å². The van der Waals surface area contributed by atoms with Crippen LogP contribution in [0, 0.1) is 12.3 Å². The summed E-state index contributed by atoms with van der Waals surface area (Å²) in [5, 5.41) is 12.1. The maximum absolute atomic E-state index is 8.69. The number of unbranched alkanes of at least 4 members (excludes halogenated alkanes) is 2. The lowest BCUT2D eigenvalue weighted by atomic mass is 10.2. The van der Waals surface area contributed by atoms with Crippen LogP contribution in [0.25, 0.3) is 0 Å². The van der Waals surface area contributed by atoms with E-state index in [-0.39, 0.29) is 13.2 Å². The van der Waals surface area contributed by atoms with Gasteiger partial charge in [0.1, 0.15) is 6.61 Å². The van der Waals surface area contributed by atoms with Crippen LogP contribution in [0.1, 0.15) is 24.8 Å². The Bertz CT molecular complexity index is 426. The third kappa shape index (κ3) is 5.96. The fourth-order valence-corrected chi connectivity index (χ4v) is 1.83. The van der Waals surface area contributed by atoms with Crippen molar-refractivity contribution in [3.8, 4) is 23.8 Å². The Morgan fingerprint density at radius 3 is 2.80 bits per heavy atom. The molecule has 0 atom stereocenters. The van der Waals surface area contributed by atoms with Gasteiger partial charge in [-0.25, -0.2) is 0 Å². The smallest absolute Gasteiger partial charge is 0.162 e. The monoisotopic (exact) mass is 277 g/mol. The van der Waals surface area contributed by atoms with Gasteiger partial charge in [-0.05, 0) is 43.5 Å². The summed E-state index contributed by atoms with van der Waals surface area (Å²) in [7, 11) is 1.62. The third-order valence-corrected chi connectivity index (χ3v) is 2.88.